The smallest absolute Gasteiger partial charge is 0.301 e. The molecule has 0 aromatic carbocycles. The maximum absolute atomic E-state index is 12.0. The highest BCUT2D eigenvalue weighted by atomic mass is 17.1. The first-order chi connectivity index (χ1) is 8.69. The van der Waals surface area contributed by atoms with E-state index in [2.05, 4.69) is 9.78 Å². The van der Waals surface area contributed by atoms with Crippen LogP contribution in [0.3, 0.4) is 0 Å². The van der Waals surface area contributed by atoms with E-state index in [1.54, 1.807) is 20.8 Å². The van der Waals surface area contributed by atoms with Crippen molar-refractivity contribution in [3.05, 3.63) is 0 Å². The van der Waals surface area contributed by atoms with Crippen molar-refractivity contribution in [3.63, 3.8) is 0 Å². The number of hydrogen-bond donors (Lipinski definition) is 2. The fourth-order valence-corrected chi connectivity index (χ4v) is 4.00. The van der Waals surface area contributed by atoms with E-state index < -0.39 is 28.7 Å². The predicted molar refractivity (Wildman–Crippen MR) is 65.8 cm³/mol. The molecule has 1 aliphatic rings. The summed E-state index contributed by atoms with van der Waals surface area (Å²) in [7, 11) is 0. The second-order valence-electron chi connectivity index (χ2n) is 6.26. The number of rotatable bonds is 5. The Balaban J connectivity index is 3.26. The number of carbonyl (C=O) groups excluding carboxylic acids is 2. The van der Waals surface area contributed by atoms with Gasteiger partial charge in [0, 0.05) is 0 Å². The molecule has 1 saturated carbocycles. The molecule has 0 saturated heterocycles. The fourth-order valence-electron chi connectivity index (χ4n) is 4.00. The monoisotopic (exact) mass is 274 g/mol. The van der Waals surface area contributed by atoms with Gasteiger partial charge in [0.2, 0.25) is 0 Å². The highest BCUT2D eigenvalue weighted by molar-refractivity contribution is 5.93. The first kappa shape index (κ1) is 15.9. The van der Waals surface area contributed by atoms with E-state index in [1.807, 2.05) is 13.8 Å². The standard InChI is InChI=1S/C13H22O6/c1-7(2)6-12(5)9(10(14)18-16)13(12,8(3)4)11(15)19-17/h7-9,16-17H,6H2,1-5H3. The third kappa shape index (κ3) is 2.03. The molecule has 0 aliphatic heterocycles. The van der Waals surface area contributed by atoms with Gasteiger partial charge in [0.25, 0.3) is 0 Å². The third-order valence-corrected chi connectivity index (χ3v) is 4.44. The van der Waals surface area contributed by atoms with Crippen molar-refractivity contribution >= 4 is 11.9 Å². The number of carbonyl (C=O) groups is 2. The van der Waals surface area contributed by atoms with Crippen molar-refractivity contribution < 1.29 is 29.9 Å². The van der Waals surface area contributed by atoms with Gasteiger partial charge in [-0.1, -0.05) is 34.6 Å². The fraction of sp³-hybridized carbons (Fsp3) is 0.846. The lowest BCUT2D eigenvalue weighted by Crippen LogP contribution is -2.31. The molecule has 1 aliphatic carbocycles. The van der Waals surface area contributed by atoms with E-state index in [9.17, 15) is 9.59 Å². The Morgan fingerprint density at radius 1 is 1.16 bits per heavy atom. The summed E-state index contributed by atoms with van der Waals surface area (Å²) in [4.78, 5) is 31.5. The lowest BCUT2D eigenvalue weighted by Gasteiger charge is -2.23. The quantitative estimate of drug-likeness (QED) is 0.590. The first-order valence-electron chi connectivity index (χ1n) is 6.41. The van der Waals surface area contributed by atoms with Crippen LogP contribution in [0.25, 0.3) is 0 Å². The molecule has 0 aromatic rings. The van der Waals surface area contributed by atoms with Crippen molar-refractivity contribution in [2.24, 2.45) is 28.6 Å². The van der Waals surface area contributed by atoms with Gasteiger partial charge in [-0.2, -0.15) is 10.5 Å². The summed E-state index contributed by atoms with van der Waals surface area (Å²) in [5.74, 6) is -2.51. The van der Waals surface area contributed by atoms with E-state index in [-0.39, 0.29) is 11.8 Å². The van der Waals surface area contributed by atoms with Gasteiger partial charge in [0.15, 0.2) is 0 Å². The normalized spacial score (nSPS) is 33.4. The van der Waals surface area contributed by atoms with Gasteiger partial charge >= 0.3 is 11.9 Å². The van der Waals surface area contributed by atoms with Gasteiger partial charge in [-0.3, -0.25) is 0 Å². The molecule has 0 radical (unpaired) electrons. The van der Waals surface area contributed by atoms with Crippen molar-refractivity contribution in [1.29, 1.82) is 0 Å². The van der Waals surface area contributed by atoms with Crippen molar-refractivity contribution in [2.75, 3.05) is 0 Å². The molecule has 0 spiro atoms. The van der Waals surface area contributed by atoms with Crippen LogP contribution in [0.5, 0.6) is 0 Å². The zero-order valence-electron chi connectivity index (χ0n) is 12.0. The summed E-state index contributed by atoms with van der Waals surface area (Å²) < 4.78 is 0. The molecule has 19 heavy (non-hydrogen) atoms. The van der Waals surface area contributed by atoms with Crippen LogP contribution in [0, 0.1) is 28.6 Å². The molecule has 0 heterocycles. The van der Waals surface area contributed by atoms with Gasteiger partial charge in [-0.25, -0.2) is 9.59 Å². The van der Waals surface area contributed by atoms with Crippen LogP contribution >= 0.6 is 0 Å². The molecule has 6 heteroatoms. The SMILES string of the molecule is CC(C)CC1(C)C(C(=O)OO)C1(C(=O)OO)C(C)C. The van der Waals surface area contributed by atoms with E-state index in [0.29, 0.717) is 6.42 Å². The van der Waals surface area contributed by atoms with Crippen LogP contribution in [-0.2, 0) is 19.4 Å². The van der Waals surface area contributed by atoms with Gasteiger partial charge in [0.1, 0.15) is 0 Å². The van der Waals surface area contributed by atoms with Crippen molar-refractivity contribution in [2.45, 2.75) is 41.0 Å². The van der Waals surface area contributed by atoms with Crippen LogP contribution < -0.4 is 0 Å². The van der Waals surface area contributed by atoms with Crippen LogP contribution in [0.1, 0.15) is 41.0 Å². The van der Waals surface area contributed by atoms with E-state index in [1.165, 1.54) is 0 Å². The Hall–Kier alpha value is -1.14. The maximum atomic E-state index is 12.0. The molecule has 110 valence electrons. The zero-order valence-corrected chi connectivity index (χ0v) is 12.0. The van der Waals surface area contributed by atoms with Gasteiger partial charge < -0.3 is 9.78 Å². The van der Waals surface area contributed by atoms with Crippen LogP contribution in [0.15, 0.2) is 0 Å². The molecule has 3 unspecified atom stereocenters. The van der Waals surface area contributed by atoms with E-state index in [0.717, 1.165) is 0 Å². The summed E-state index contributed by atoms with van der Waals surface area (Å²) >= 11 is 0. The van der Waals surface area contributed by atoms with Gasteiger partial charge in [0.05, 0.1) is 11.3 Å². The molecule has 0 bridgehead atoms. The van der Waals surface area contributed by atoms with Crippen molar-refractivity contribution in [1.82, 2.24) is 0 Å². The Morgan fingerprint density at radius 3 is 2.00 bits per heavy atom. The Labute approximate surface area is 112 Å². The molecular weight excluding hydrogens is 252 g/mol. The number of hydrogen-bond acceptors (Lipinski definition) is 6. The molecule has 1 rings (SSSR count). The lowest BCUT2D eigenvalue weighted by atomic mass is 9.80. The largest absolute Gasteiger partial charge is 0.349 e. The highest BCUT2D eigenvalue weighted by Gasteiger charge is 2.83. The predicted octanol–water partition coefficient (Wildman–Crippen LogP) is 2.34. The third-order valence-electron chi connectivity index (χ3n) is 4.44. The summed E-state index contributed by atoms with van der Waals surface area (Å²) in [6.07, 6.45) is 0.583. The molecule has 0 amide bonds. The van der Waals surface area contributed by atoms with Crippen molar-refractivity contribution in [3.8, 4) is 0 Å². The summed E-state index contributed by atoms with van der Waals surface area (Å²) in [6, 6.07) is 0. The zero-order chi connectivity index (χ0) is 15.0. The molecule has 6 nitrogen and oxygen atoms in total. The minimum Gasteiger partial charge on any atom is -0.301 e. The minimum absolute atomic E-state index is 0.236. The summed E-state index contributed by atoms with van der Waals surface area (Å²) in [5.41, 5.74) is -1.86. The summed E-state index contributed by atoms with van der Waals surface area (Å²) in [6.45, 7) is 9.28. The van der Waals surface area contributed by atoms with E-state index >= 15 is 0 Å². The Morgan fingerprint density at radius 2 is 1.68 bits per heavy atom. The lowest BCUT2D eigenvalue weighted by molar-refractivity contribution is -0.248. The average Bonchev–Trinajstić information content (AvgIpc) is 2.87. The second kappa shape index (κ2) is 5.09. The Bertz CT molecular complexity index is 377. The topological polar surface area (TPSA) is 93.1 Å². The molecule has 3 atom stereocenters. The molecular formula is C13H22O6. The van der Waals surface area contributed by atoms with Crippen LogP contribution in [-0.4, -0.2) is 22.5 Å². The molecule has 2 N–H and O–H groups in total. The molecule has 1 fully saturated rings. The van der Waals surface area contributed by atoms with Gasteiger partial charge in [-0.15, -0.1) is 0 Å². The second-order valence-corrected chi connectivity index (χ2v) is 6.26. The van der Waals surface area contributed by atoms with Gasteiger partial charge in [-0.05, 0) is 23.7 Å². The summed E-state index contributed by atoms with van der Waals surface area (Å²) in [5, 5.41) is 17.3. The van der Waals surface area contributed by atoms with Crippen LogP contribution in [0.4, 0.5) is 0 Å². The average molecular weight is 274 g/mol. The van der Waals surface area contributed by atoms with Crippen LogP contribution in [0.2, 0.25) is 0 Å². The first-order valence-corrected chi connectivity index (χ1v) is 6.41. The molecule has 0 aromatic heterocycles. The minimum atomic E-state index is -1.16. The maximum Gasteiger partial charge on any atom is 0.349 e. The highest BCUT2D eigenvalue weighted by Crippen LogP contribution is 2.75. The Kier molecular flexibility index (Phi) is 4.27. The van der Waals surface area contributed by atoms with E-state index in [4.69, 9.17) is 10.5 Å².